The standard InChI is InChI=1S/C37H29N2S.C11H8N.Ir/c1-25(2)22-26-20-21-35-31(23-26)32(24-40-35)37-38-33-18-9-10-19-34(33)39(37)36-29(27-12-5-3-6-13-27)16-11-17-30(36)28-14-7-4-8-15-28;1-2-6-10(7-3-1)11-8-4-5-9-12-11;/h3-21,23,25H,22H2,1-2H3;1-6,8-9H;/q2*-1;. The van der Waals surface area contributed by atoms with Gasteiger partial charge in [-0.15, -0.1) is 47.3 Å². The Hall–Kier alpha value is -5.45. The molecule has 9 rings (SSSR count). The maximum Gasteiger partial charge on any atom is 0.0774 e. The fourth-order valence-electron chi connectivity index (χ4n) is 6.77. The number of nitrogens with zero attached hydrogens (tertiary/aromatic N) is 3. The number of hydrogen-bond donors (Lipinski definition) is 0. The van der Waals surface area contributed by atoms with Gasteiger partial charge in [0.25, 0.3) is 0 Å². The largest absolute Gasteiger partial charge is 0.332 e. The van der Waals surface area contributed by atoms with E-state index in [-0.39, 0.29) is 20.1 Å². The predicted molar refractivity (Wildman–Crippen MR) is 219 cm³/mol. The SMILES string of the molecule is CC(C)Cc1ccc2s[c-]c(-c3nc4ccccc4n3-c3c(-c4ccccc4)cccc3-c3ccccc3)c2c1.[Ir].[c-]1ccccc1-c1ccccn1. The van der Waals surface area contributed by atoms with Gasteiger partial charge in [0.05, 0.1) is 22.5 Å². The second-order valence-electron chi connectivity index (χ2n) is 13.2. The van der Waals surface area contributed by atoms with Crippen LogP contribution in [-0.2, 0) is 26.5 Å². The number of rotatable bonds is 7. The van der Waals surface area contributed by atoms with E-state index in [0.29, 0.717) is 5.92 Å². The molecule has 1 radical (unpaired) electrons. The molecule has 0 amide bonds. The number of pyridine rings is 1. The van der Waals surface area contributed by atoms with Gasteiger partial charge in [0, 0.05) is 37.4 Å². The first-order valence-corrected chi connectivity index (χ1v) is 18.5. The van der Waals surface area contributed by atoms with E-state index in [4.69, 9.17) is 4.98 Å². The molecule has 0 aliphatic rings. The van der Waals surface area contributed by atoms with E-state index >= 15 is 0 Å². The van der Waals surface area contributed by atoms with Crippen molar-refractivity contribution in [3.63, 3.8) is 0 Å². The molecule has 3 heterocycles. The summed E-state index contributed by atoms with van der Waals surface area (Å²) in [5.41, 5.74) is 12.3. The Morgan fingerprint density at radius 2 is 1.36 bits per heavy atom. The van der Waals surface area contributed by atoms with E-state index in [1.807, 2.05) is 42.5 Å². The molecule has 6 aromatic carbocycles. The van der Waals surface area contributed by atoms with Crippen LogP contribution in [0.4, 0.5) is 0 Å². The number of aromatic nitrogens is 3. The summed E-state index contributed by atoms with van der Waals surface area (Å²) in [5.74, 6) is 1.52. The molecule has 9 aromatic rings. The van der Waals surface area contributed by atoms with Crippen LogP contribution in [0.3, 0.4) is 0 Å². The van der Waals surface area contributed by atoms with Gasteiger partial charge < -0.3 is 9.55 Å². The van der Waals surface area contributed by atoms with Crippen molar-refractivity contribution in [3.05, 3.63) is 187 Å². The number of para-hydroxylation sites is 3. The predicted octanol–water partition coefficient (Wildman–Crippen LogP) is 12.8. The van der Waals surface area contributed by atoms with Gasteiger partial charge in [-0.05, 0) is 47.4 Å². The van der Waals surface area contributed by atoms with Gasteiger partial charge in [-0.3, -0.25) is 16.3 Å². The molecule has 261 valence electrons. The van der Waals surface area contributed by atoms with Gasteiger partial charge in [0.15, 0.2) is 0 Å². The van der Waals surface area contributed by atoms with Crippen LogP contribution in [0.2, 0.25) is 0 Å². The summed E-state index contributed by atoms with van der Waals surface area (Å²) in [6.45, 7) is 4.55. The molecule has 0 saturated carbocycles. The van der Waals surface area contributed by atoms with Crippen molar-refractivity contribution in [1.29, 1.82) is 0 Å². The monoisotopic (exact) mass is 880 g/mol. The minimum Gasteiger partial charge on any atom is -0.332 e. The van der Waals surface area contributed by atoms with E-state index < -0.39 is 0 Å². The van der Waals surface area contributed by atoms with Crippen LogP contribution in [0.25, 0.3) is 71.7 Å². The van der Waals surface area contributed by atoms with Crippen LogP contribution in [-0.4, -0.2) is 14.5 Å². The Bertz CT molecular complexity index is 2460. The van der Waals surface area contributed by atoms with E-state index in [0.717, 1.165) is 45.8 Å². The molecule has 0 N–H and O–H groups in total. The van der Waals surface area contributed by atoms with Gasteiger partial charge in [0.1, 0.15) is 0 Å². The van der Waals surface area contributed by atoms with E-state index in [1.165, 1.54) is 37.9 Å². The Labute approximate surface area is 329 Å². The Morgan fingerprint density at radius 3 is 2.02 bits per heavy atom. The van der Waals surface area contributed by atoms with Crippen molar-refractivity contribution in [3.8, 4) is 50.6 Å². The molecular formula is C48H37IrN3S-2. The topological polar surface area (TPSA) is 30.7 Å². The van der Waals surface area contributed by atoms with Crippen LogP contribution in [0.1, 0.15) is 19.4 Å². The second kappa shape index (κ2) is 16.5. The summed E-state index contributed by atoms with van der Waals surface area (Å²) in [5, 5.41) is 4.88. The zero-order chi connectivity index (χ0) is 35.3. The van der Waals surface area contributed by atoms with Crippen molar-refractivity contribution in [2.45, 2.75) is 20.3 Å². The summed E-state index contributed by atoms with van der Waals surface area (Å²) in [7, 11) is 0. The molecule has 53 heavy (non-hydrogen) atoms. The van der Waals surface area contributed by atoms with Crippen molar-refractivity contribution in [2.75, 3.05) is 0 Å². The van der Waals surface area contributed by atoms with Gasteiger partial charge in [-0.2, -0.15) is 0 Å². The quantitative estimate of drug-likeness (QED) is 0.149. The second-order valence-corrected chi connectivity index (χ2v) is 14.0. The van der Waals surface area contributed by atoms with E-state index in [2.05, 4.69) is 156 Å². The first kappa shape index (κ1) is 35.9. The Morgan fingerprint density at radius 1 is 0.679 bits per heavy atom. The first-order valence-electron chi connectivity index (χ1n) is 17.7. The number of imidazole rings is 1. The van der Waals surface area contributed by atoms with Gasteiger partial charge in [-0.25, -0.2) is 0 Å². The smallest absolute Gasteiger partial charge is 0.0774 e. The summed E-state index contributed by atoms with van der Waals surface area (Å²) in [4.78, 5) is 9.50. The molecule has 0 unspecified atom stereocenters. The Balaban J connectivity index is 0.000000284. The maximum atomic E-state index is 5.28. The van der Waals surface area contributed by atoms with Gasteiger partial charge >= 0.3 is 0 Å². The van der Waals surface area contributed by atoms with Crippen molar-refractivity contribution < 1.29 is 20.1 Å². The van der Waals surface area contributed by atoms with Gasteiger partial charge in [-0.1, -0.05) is 150 Å². The summed E-state index contributed by atoms with van der Waals surface area (Å²) < 4.78 is 3.60. The molecule has 0 aliphatic carbocycles. The molecule has 0 spiro atoms. The minimum absolute atomic E-state index is 0. The molecule has 0 bridgehead atoms. The third-order valence-electron chi connectivity index (χ3n) is 9.08. The summed E-state index contributed by atoms with van der Waals surface area (Å²) in [6.07, 6.45) is 2.84. The van der Waals surface area contributed by atoms with Gasteiger partial charge in [0.2, 0.25) is 0 Å². The summed E-state index contributed by atoms with van der Waals surface area (Å²) in [6, 6.07) is 60.1. The number of benzene rings is 6. The molecule has 0 fully saturated rings. The third-order valence-corrected chi connectivity index (χ3v) is 9.97. The molecule has 0 saturated heterocycles. The van der Waals surface area contributed by atoms with Crippen LogP contribution in [0, 0.1) is 17.4 Å². The maximum absolute atomic E-state index is 5.28. The van der Waals surface area contributed by atoms with Crippen molar-refractivity contribution in [1.82, 2.24) is 14.5 Å². The van der Waals surface area contributed by atoms with E-state index in [1.54, 1.807) is 17.5 Å². The van der Waals surface area contributed by atoms with Crippen molar-refractivity contribution in [2.24, 2.45) is 5.92 Å². The Kier molecular flexibility index (Phi) is 11.2. The molecule has 0 aliphatic heterocycles. The zero-order valence-corrected chi connectivity index (χ0v) is 32.7. The van der Waals surface area contributed by atoms with Crippen LogP contribution in [0.5, 0.6) is 0 Å². The third kappa shape index (κ3) is 7.70. The number of hydrogen-bond acceptors (Lipinski definition) is 3. The molecule has 3 aromatic heterocycles. The van der Waals surface area contributed by atoms with Crippen LogP contribution < -0.4 is 0 Å². The average molecular weight is 880 g/mol. The average Bonchev–Trinajstić information content (AvgIpc) is 3.80. The van der Waals surface area contributed by atoms with E-state index in [9.17, 15) is 0 Å². The first-order chi connectivity index (χ1) is 25.6. The minimum atomic E-state index is 0. The molecular weight excluding hydrogens is 843 g/mol. The summed E-state index contributed by atoms with van der Waals surface area (Å²) >= 11 is 1.67. The van der Waals surface area contributed by atoms with Crippen LogP contribution in [0.15, 0.2) is 170 Å². The zero-order valence-electron chi connectivity index (χ0n) is 29.5. The number of fused-ring (bicyclic) bond motifs is 2. The molecule has 5 heteroatoms. The molecule has 3 nitrogen and oxygen atoms in total. The molecule has 0 atom stereocenters. The van der Waals surface area contributed by atoms with Crippen molar-refractivity contribution >= 4 is 32.5 Å². The normalized spacial score (nSPS) is 10.9. The fraction of sp³-hybridized carbons (Fsp3) is 0.0833. The fourth-order valence-corrected chi connectivity index (χ4v) is 7.59. The number of thiophene rings is 1. The van der Waals surface area contributed by atoms with Crippen LogP contribution >= 0.6 is 11.3 Å².